The first-order valence-electron chi connectivity index (χ1n) is 8.05. The van der Waals surface area contributed by atoms with E-state index < -0.39 is 11.9 Å². The molecule has 0 radical (unpaired) electrons. The summed E-state index contributed by atoms with van der Waals surface area (Å²) >= 11 is 6.31. The number of nitrogens with zero attached hydrogens (tertiary/aromatic N) is 3. The first-order chi connectivity index (χ1) is 13.1. The minimum Gasteiger partial charge on any atom is -0.322 e. The summed E-state index contributed by atoms with van der Waals surface area (Å²) in [5.41, 5.74) is 3.01. The second kappa shape index (κ2) is 7.09. The van der Waals surface area contributed by atoms with Crippen LogP contribution in [-0.2, 0) is 0 Å². The van der Waals surface area contributed by atoms with E-state index in [-0.39, 0.29) is 5.56 Å². The second-order valence-electron chi connectivity index (χ2n) is 5.73. The lowest BCUT2D eigenvalue weighted by Crippen LogP contribution is -2.14. The number of para-hydroxylation sites is 2. The number of amides is 1. The third kappa shape index (κ3) is 3.47. The maximum absolute atomic E-state index is 13.7. The van der Waals surface area contributed by atoms with Crippen molar-refractivity contribution in [2.45, 2.75) is 0 Å². The van der Waals surface area contributed by atoms with Crippen LogP contribution in [-0.4, -0.2) is 20.9 Å². The maximum atomic E-state index is 13.7. The van der Waals surface area contributed by atoms with Crippen LogP contribution in [0, 0.1) is 5.95 Å². The molecule has 0 aliphatic rings. The Morgan fingerprint density at radius 1 is 1.00 bits per heavy atom. The number of pyridine rings is 1. The van der Waals surface area contributed by atoms with E-state index in [0.29, 0.717) is 22.0 Å². The van der Waals surface area contributed by atoms with Gasteiger partial charge in [0.2, 0.25) is 5.95 Å². The first kappa shape index (κ1) is 17.1. The molecule has 1 N–H and O–H groups in total. The van der Waals surface area contributed by atoms with Crippen LogP contribution in [0.4, 0.5) is 10.1 Å². The molecule has 4 rings (SSSR count). The molecule has 132 valence electrons. The Morgan fingerprint density at radius 2 is 1.81 bits per heavy atom. The predicted octanol–water partition coefficient (Wildman–Crippen LogP) is 4.74. The van der Waals surface area contributed by atoms with E-state index in [1.807, 2.05) is 24.3 Å². The average Bonchev–Trinajstić information content (AvgIpc) is 2.69. The molecule has 2 aromatic heterocycles. The molecule has 4 aromatic rings. The molecule has 0 spiro atoms. The lowest BCUT2D eigenvalue weighted by atomic mass is 10.1. The molecular formula is C20H12ClFN4O. The summed E-state index contributed by atoms with van der Waals surface area (Å²) in [5, 5.41) is 3.11. The first-order valence-corrected chi connectivity index (χ1v) is 8.43. The zero-order chi connectivity index (χ0) is 18.8. The minimum absolute atomic E-state index is 0.139. The molecular weight excluding hydrogens is 367 g/mol. The highest BCUT2D eigenvalue weighted by atomic mass is 35.5. The van der Waals surface area contributed by atoms with Crippen LogP contribution in [0.25, 0.3) is 22.3 Å². The quantitative estimate of drug-likeness (QED) is 0.523. The normalized spacial score (nSPS) is 10.7. The lowest BCUT2D eigenvalue weighted by molar-refractivity contribution is 0.102. The third-order valence-corrected chi connectivity index (χ3v) is 4.28. The molecule has 0 aliphatic carbocycles. The summed E-state index contributed by atoms with van der Waals surface area (Å²) in [4.78, 5) is 24.7. The van der Waals surface area contributed by atoms with Crippen LogP contribution in [0.3, 0.4) is 0 Å². The highest BCUT2D eigenvalue weighted by Gasteiger charge is 2.14. The predicted molar refractivity (Wildman–Crippen MR) is 102 cm³/mol. The molecule has 0 atom stereocenters. The Balaban J connectivity index is 1.68. The number of hydrogen-bond acceptors (Lipinski definition) is 4. The summed E-state index contributed by atoms with van der Waals surface area (Å²) in [7, 11) is 0. The summed E-state index contributed by atoms with van der Waals surface area (Å²) in [6.07, 6.45) is 2.90. The monoisotopic (exact) mass is 378 g/mol. The van der Waals surface area contributed by atoms with Crippen LogP contribution in [0.15, 0.2) is 67.0 Å². The van der Waals surface area contributed by atoms with Crippen molar-refractivity contribution in [3.05, 3.63) is 83.5 Å². The molecule has 2 heterocycles. The number of benzene rings is 2. The zero-order valence-corrected chi connectivity index (χ0v) is 14.6. The zero-order valence-electron chi connectivity index (χ0n) is 13.9. The summed E-state index contributed by atoms with van der Waals surface area (Å²) in [6.45, 7) is 0. The Bertz CT molecular complexity index is 1170. The van der Waals surface area contributed by atoms with Crippen molar-refractivity contribution in [2.75, 3.05) is 5.32 Å². The van der Waals surface area contributed by atoms with Crippen molar-refractivity contribution >= 4 is 34.2 Å². The van der Waals surface area contributed by atoms with Crippen LogP contribution in [0.2, 0.25) is 5.02 Å². The number of hydrogen-bond donors (Lipinski definition) is 1. The van der Waals surface area contributed by atoms with Crippen LogP contribution in [0.5, 0.6) is 0 Å². The van der Waals surface area contributed by atoms with Crippen LogP contribution in [0.1, 0.15) is 10.4 Å². The van der Waals surface area contributed by atoms with Crippen molar-refractivity contribution in [1.82, 2.24) is 15.0 Å². The minimum atomic E-state index is -0.829. The number of anilines is 1. The number of rotatable bonds is 3. The summed E-state index contributed by atoms with van der Waals surface area (Å²) in [6, 6.07) is 15.3. The Hall–Kier alpha value is -3.38. The van der Waals surface area contributed by atoms with Crippen molar-refractivity contribution in [1.29, 1.82) is 0 Å². The second-order valence-corrected chi connectivity index (χ2v) is 6.14. The number of fused-ring (bicyclic) bond motifs is 1. The Morgan fingerprint density at radius 3 is 2.63 bits per heavy atom. The van der Waals surface area contributed by atoms with Gasteiger partial charge in [-0.25, -0.2) is 9.97 Å². The van der Waals surface area contributed by atoms with Gasteiger partial charge in [-0.2, -0.15) is 4.39 Å². The van der Waals surface area contributed by atoms with Crippen molar-refractivity contribution < 1.29 is 9.18 Å². The van der Waals surface area contributed by atoms with E-state index in [1.165, 1.54) is 18.3 Å². The highest BCUT2D eigenvalue weighted by Crippen LogP contribution is 2.30. The van der Waals surface area contributed by atoms with E-state index in [4.69, 9.17) is 11.6 Å². The number of carbonyl (C=O) groups excluding carboxylic acids is 1. The van der Waals surface area contributed by atoms with E-state index >= 15 is 0 Å². The topological polar surface area (TPSA) is 67.8 Å². The molecule has 2 aromatic carbocycles. The molecule has 7 heteroatoms. The van der Waals surface area contributed by atoms with Gasteiger partial charge >= 0.3 is 0 Å². The summed E-state index contributed by atoms with van der Waals surface area (Å²) < 4.78 is 13.7. The van der Waals surface area contributed by atoms with Gasteiger partial charge in [-0.1, -0.05) is 23.7 Å². The highest BCUT2D eigenvalue weighted by molar-refractivity contribution is 6.33. The molecule has 27 heavy (non-hydrogen) atoms. The van der Waals surface area contributed by atoms with Gasteiger partial charge in [0.05, 0.1) is 33.5 Å². The van der Waals surface area contributed by atoms with Gasteiger partial charge in [0.1, 0.15) is 0 Å². The number of carbonyl (C=O) groups is 1. The van der Waals surface area contributed by atoms with E-state index in [0.717, 1.165) is 11.0 Å². The van der Waals surface area contributed by atoms with Gasteiger partial charge in [0, 0.05) is 17.4 Å². The molecule has 0 saturated heterocycles. The fourth-order valence-electron chi connectivity index (χ4n) is 2.64. The molecule has 0 aliphatic heterocycles. The fraction of sp³-hybridized carbons (Fsp3) is 0. The molecule has 0 unspecified atom stereocenters. The largest absolute Gasteiger partial charge is 0.322 e. The molecule has 0 bridgehead atoms. The standard InChI is InChI=1S/C20H12ClFN4O/c21-15-8-7-12(25-20(27)13-4-3-9-23-19(13)22)10-14(15)18-11-24-16-5-1-2-6-17(16)26-18/h1-11H,(H,25,27). The van der Waals surface area contributed by atoms with E-state index in [9.17, 15) is 9.18 Å². The van der Waals surface area contributed by atoms with Gasteiger partial charge in [0.25, 0.3) is 5.91 Å². The van der Waals surface area contributed by atoms with Crippen LogP contribution < -0.4 is 5.32 Å². The SMILES string of the molecule is O=C(Nc1ccc(Cl)c(-c2cnc3ccccc3n2)c1)c1cccnc1F. The lowest BCUT2D eigenvalue weighted by Gasteiger charge is -2.10. The van der Waals surface area contributed by atoms with Gasteiger partial charge in [-0.15, -0.1) is 0 Å². The number of nitrogens with one attached hydrogen (secondary N) is 1. The van der Waals surface area contributed by atoms with Crippen molar-refractivity contribution in [2.24, 2.45) is 0 Å². The number of aromatic nitrogens is 3. The average molecular weight is 379 g/mol. The molecule has 1 amide bonds. The van der Waals surface area contributed by atoms with Crippen LogP contribution >= 0.6 is 11.6 Å². The third-order valence-electron chi connectivity index (χ3n) is 3.95. The molecule has 0 saturated carbocycles. The Labute approximate surface area is 158 Å². The van der Waals surface area contributed by atoms with Crippen molar-refractivity contribution in [3.8, 4) is 11.3 Å². The molecule has 0 fully saturated rings. The smallest absolute Gasteiger partial charge is 0.260 e. The van der Waals surface area contributed by atoms with Gasteiger partial charge < -0.3 is 5.32 Å². The van der Waals surface area contributed by atoms with Gasteiger partial charge in [-0.3, -0.25) is 9.78 Å². The van der Waals surface area contributed by atoms with Crippen molar-refractivity contribution in [3.63, 3.8) is 0 Å². The molecule has 5 nitrogen and oxygen atoms in total. The van der Waals surface area contributed by atoms with Gasteiger partial charge in [-0.05, 0) is 42.5 Å². The van der Waals surface area contributed by atoms with Gasteiger partial charge in [0.15, 0.2) is 0 Å². The van der Waals surface area contributed by atoms with E-state index in [2.05, 4.69) is 20.3 Å². The maximum Gasteiger partial charge on any atom is 0.260 e. The summed E-state index contributed by atoms with van der Waals surface area (Å²) in [5.74, 6) is -1.43. The fourth-order valence-corrected chi connectivity index (χ4v) is 2.85. The van der Waals surface area contributed by atoms with E-state index in [1.54, 1.807) is 24.4 Å². The number of halogens is 2. The Kier molecular flexibility index (Phi) is 4.48.